The van der Waals surface area contributed by atoms with Crippen LogP contribution in [0.5, 0.6) is 0 Å². The number of ether oxygens (including phenoxy) is 1. The number of aromatic nitrogens is 2. The fourth-order valence-corrected chi connectivity index (χ4v) is 1.90. The molecule has 0 radical (unpaired) electrons. The lowest BCUT2D eigenvalue weighted by Gasteiger charge is -2.07. The Labute approximate surface area is 95.3 Å². The predicted molar refractivity (Wildman–Crippen MR) is 59.0 cm³/mol. The van der Waals surface area contributed by atoms with Crippen LogP contribution in [0.1, 0.15) is 37.4 Å². The largest absolute Gasteiger partial charge is 0.381 e. The Morgan fingerprint density at radius 3 is 3.06 bits per heavy atom. The molecule has 2 rings (SSSR count). The minimum atomic E-state index is 0.315. The third kappa shape index (κ3) is 2.59. The van der Waals surface area contributed by atoms with Crippen molar-refractivity contribution in [3.8, 4) is 0 Å². The Balaban J connectivity index is 1.96. The molecule has 5 heteroatoms. The zero-order valence-corrected chi connectivity index (χ0v) is 9.69. The van der Waals surface area contributed by atoms with Crippen LogP contribution in [0.15, 0.2) is 4.52 Å². The summed E-state index contributed by atoms with van der Waals surface area (Å²) < 4.78 is 10.5. The van der Waals surface area contributed by atoms with Gasteiger partial charge < -0.3 is 15.0 Å². The summed E-state index contributed by atoms with van der Waals surface area (Å²) in [6, 6.07) is 0. The molecule has 2 heterocycles. The molecule has 0 aromatic carbocycles. The van der Waals surface area contributed by atoms with Crippen molar-refractivity contribution in [2.24, 2.45) is 11.7 Å². The minimum Gasteiger partial charge on any atom is -0.381 e. The van der Waals surface area contributed by atoms with E-state index in [0.717, 1.165) is 31.7 Å². The zero-order chi connectivity index (χ0) is 11.4. The van der Waals surface area contributed by atoms with Crippen LogP contribution in [0.4, 0.5) is 0 Å². The molecule has 1 fully saturated rings. The molecular formula is C11H19N3O2. The molecule has 0 amide bonds. The van der Waals surface area contributed by atoms with E-state index in [1.807, 2.05) is 0 Å². The first-order chi connectivity index (χ1) is 7.83. The van der Waals surface area contributed by atoms with E-state index in [0.29, 0.717) is 30.9 Å². The van der Waals surface area contributed by atoms with Gasteiger partial charge in [-0.25, -0.2) is 0 Å². The van der Waals surface area contributed by atoms with Gasteiger partial charge >= 0.3 is 0 Å². The number of nitrogens with zero attached hydrogens (tertiary/aromatic N) is 2. The quantitative estimate of drug-likeness (QED) is 0.812. The first-order valence-electron chi connectivity index (χ1n) is 5.93. The standard InChI is InChI=1S/C11H19N3O2/c1-2-8(6-12)5-10-13-11(14-16-10)9-3-4-15-7-9/h8-9H,2-7,12H2,1H3. The van der Waals surface area contributed by atoms with Crippen LogP contribution in [0.25, 0.3) is 0 Å². The molecule has 1 aliphatic heterocycles. The molecule has 0 saturated carbocycles. The molecule has 5 nitrogen and oxygen atoms in total. The van der Waals surface area contributed by atoms with Gasteiger partial charge in [0.2, 0.25) is 5.89 Å². The third-order valence-corrected chi connectivity index (χ3v) is 3.15. The number of hydrogen-bond acceptors (Lipinski definition) is 5. The van der Waals surface area contributed by atoms with Crippen LogP contribution in [0.3, 0.4) is 0 Å². The lowest BCUT2D eigenvalue weighted by molar-refractivity contribution is 0.192. The van der Waals surface area contributed by atoms with Crippen LogP contribution in [0, 0.1) is 5.92 Å². The molecule has 1 aliphatic rings. The molecule has 0 spiro atoms. The maximum Gasteiger partial charge on any atom is 0.226 e. The number of hydrogen-bond donors (Lipinski definition) is 1. The van der Waals surface area contributed by atoms with E-state index in [4.69, 9.17) is 15.0 Å². The molecule has 1 saturated heterocycles. The van der Waals surface area contributed by atoms with Crippen molar-refractivity contribution in [1.82, 2.24) is 10.1 Å². The summed E-state index contributed by atoms with van der Waals surface area (Å²) in [6.07, 6.45) is 2.82. The van der Waals surface area contributed by atoms with E-state index in [1.165, 1.54) is 0 Å². The fraction of sp³-hybridized carbons (Fsp3) is 0.818. The van der Waals surface area contributed by atoms with Crippen molar-refractivity contribution >= 4 is 0 Å². The highest BCUT2D eigenvalue weighted by molar-refractivity contribution is 4.98. The monoisotopic (exact) mass is 225 g/mol. The molecule has 90 valence electrons. The number of nitrogens with two attached hydrogens (primary N) is 1. The Morgan fingerprint density at radius 1 is 1.56 bits per heavy atom. The average molecular weight is 225 g/mol. The van der Waals surface area contributed by atoms with Gasteiger partial charge in [-0.2, -0.15) is 4.98 Å². The highest BCUT2D eigenvalue weighted by atomic mass is 16.5. The minimum absolute atomic E-state index is 0.315. The molecule has 2 N–H and O–H groups in total. The van der Waals surface area contributed by atoms with Crippen molar-refractivity contribution in [2.75, 3.05) is 19.8 Å². The summed E-state index contributed by atoms with van der Waals surface area (Å²) in [6.45, 7) is 4.31. The fourth-order valence-electron chi connectivity index (χ4n) is 1.90. The first kappa shape index (κ1) is 11.5. The summed E-state index contributed by atoms with van der Waals surface area (Å²) in [4.78, 5) is 4.41. The second kappa shape index (κ2) is 5.41. The van der Waals surface area contributed by atoms with E-state index in [1.54, 1.807) is 0 Å². The van der Waals surface area contributed by atoms with Gasteiger partial charge in [0.1, 0.15) is 0 Å². The molecule has 1 aromatic heterocycles. The maximum atomic E-state index is 5.65. The van der Waals surface area contributed by atoms with Gasteiger partial charge in [-0.1, -0.05) is 18.5 Å². The maximum absolute atomic E-state index is 5.65. The first-order valence-corrected chi connectivity index (χ1v) is 5.93. The van der Waals surface area contributed by atoms with Crippen molar-refractivity contribution < 1.29 is 9.26 Å². The van der Waals surface area contributed by atoms with Crippen LogP contribution in [-0.2, 0) is 11.2 Å². The van der Waals surface area contributed by atoms with Crippen LogP contribution in [-0.4, -0.2) is 29.9 Å². The smallest absolute Gasteiger partial charge is 0.226 e. The van der Waals surface area contributed by atoms with Gasteiger partial charge in [0.15, 0.2) is 5.82 Å². The Bertz CT molecular complexity index is 317. The predicted octanol–water partition coefficient (Wildman–Crippen LogP) is 1.10. The van der Waals surface area contributed by atoms with Gasteiger partial charge in [0.25, 0.3) is 0 Å². The summed E-state index contributed by atoms with van der Waals surface area (Å²) in [7, 11) is 0. The summed E-state index contributed by atoms with van der Waals surface area (Å²) in [5.74, 6) is 2.25. The summed E-state index contributed by atoms with van der Waals surface area (Å²) in [5.41, 5.74) is 5.65. The van der Waals surface area contributed by atoms with Gasteiger partial charge in [-0.05, 0) is 18.9 Å². The lowest BCUT2D eigenvalue weighted by Crippen LogP contribution is -2.16. The van der Waals surface area contributed by atoms with Crippen molar-refractivity contribution in [2.45, 2.75) is 32.1 Å². The molecule has 2 unspecified atom stereocenters. The van der Waals surface area contributed by atoms with Gasteiger partial charge in [0, 0.05) is 18.9 Å². The van der Waals surface area contributed by atoms with Crippen molar-refractivity contribution in [3.05, 3.63) is 11.7 Å². The van der Waals surface area contributed by atoms with Gasteiger partial charge in [-0.3, -0.25) is 0 Å². The Hall–Kier alpha value is -0.940. The molecule has 2 atom stereocenters. The molecular weight excluding hydrogens is 206 g/mol. The van der Waals surface area contributed by atoms with Crippen molar-refractivity contribution in [1.29, 1.82) is 0 Å². The van der Waals surface area contributed by atoms with Crippen molar-refractivity contribution in [3.63, 3.8) is 0 Å². The van der Waals surface area contributed by atoms with E-state index in [9.17, 15) is 0 Å². The Kier molecular flexibility index (Phi) is 3.90. The second-order valence-electron chi connectivity index (χ2n) is 4.32. The highest BCUT2D eigenvalue weighted by Gasteiger charge is 2.23. The van der Waals surface area contributed by atoms with Gasteiger partial charge in [-0.15, -0.1) is 0 Å². The molecule has 0 bridgehead atoms. The summed E-state index contributed by atoms with van der Waals surface area (Å²) >= 11 is 0. The van der Waals surface area contributed by atoms with E-state index in [-0.39, 0.29) is 0 Å². The van der Waals surface area contributed by atoms with Crippen LogP contribution < -0.4 is 5.73 Å². The molecule has 16 heavy (non-hydrogen) atoms. The van der Waals surface area contributed by atoms with E-state index in [2.05, 4.69) is 17.1 Å². The van der Waals surface area contributed by atoms with Crippen LogP contribution in [0.2, 0.25) is 0 Å². The second-order valence-corrected chi connectivity index (χ2v) is 4.32. The Morgan fingerprint density at radius 2 is 2.44 bits per heavy atom. The van der Waals surface area contributed by atoms with Crippen LogP contribution >= 0.6 is 0 Å². The van der Waals surface area contributed by atoms with Gasteiger partial charge in [0.05, 0.1) is 6.61 Å². The lowest BCUT2D eigenvalue weighted by atomic mass is 10.0. The summed E-state index contributed by atoms with van der Waals surface area (Å²) in [5, 5.41) is 4.01. The van der Waals surface area contributed by atoms with E-state index < -0.39 is 0 Å². The average Bonchev–Trinajstić information content (AvgIpc) is 2.96. The zero-order valence-electron chi connectivity index (χ0n) is 9.69. The molecule has 0 aliphatic carbocycles. The van der Waals surface area contributed by atoms with E-state index >= 15 is 0 Å². The third-order valence-electron chi connectivity index (χ3n) is 3.15. The normalized spacial score (nSPS) is 22.5. The highest BCUT2D eigenvalue weighted by Crippen LogP contribution is 2.23. The SMILES string of the molecule is CCC(CN)Cc1nc(C2CCOC2)no1. The topological polar surface area (TPSA) is 74.2 Å². The number of rotatable bonds is 5. The molecule has 1 aromatic rings.